The topological polar surface area (TPSA) is 38.0 Å². The van der Waals surface area contributed by atoms with Crippen molar-refractivity contribution < 1.29 is 4.39 Å². The number of hydrogen-bond acceptors (Lipinski definition) is 2. The van der Waals surface area contributed by atoms with Crippen molar-refractivity contribution in [2.24, 2.45) is 23.6 Å². The monoisotopic (exact) mass is 326 g/mol. The Balaban J connectivity index is 1.71. The third-order valence-electron chi connectivity index (χ3n) is 4.97. The molecule has 104 valence electrons. The number of hydrogen-bond donors (Lipinski definition) is 2. The molecular formula is C15H20BrFN2. The zero-order valence-electron chi connectivity index (χ0n) is 10.9. The first-order valence-corrected chi connectivity index (χ1v) is 7.87. The summed E-state index contributed by atoms with van der Waals surface area (Å²) in [6.07, 6.45) is 6.64. The van der Waals surface area contributed by atoms with Gasteiger partial charge in [-0.2, -0.15) is 0 Å². The highest BCUT2D eigenvalue weighted by Crippen LogP contribution is 2.50. The minimum Gasteiger partial charge on any atom is -0.271 e. The van der Waals surface area contributed by atoms with Gasteiger partial charge in [-0.05, 0) is 77.1 Å². The summed E-state index contributed by atoms with van der Waals surface area (Å²) in [6.45, 7) is 0. The standard InChI is InChI=1S/C15H20BrFN2/c16-13-7-11(3-4-14(13)17)15(19-18)8-12-6-9-1-2-10(12)5-9/h3-4,7,9-10,12,15,19H,1-2,5-6,8,18H2. The molecule has 2 saturated carbocycles. The Labute approximate surface area is 122 Å². The lowest BCUT2D eigenvalue weighted by molar-refractivity contribution is 0.280. The molecule has 3 rings (SSSR count). The molecule has 2 aliphatic rings. The van der Waals surface area contributed by atoms with E-state index in [1.54, 1.807) is 0 Å². The molecule has 0 aromatic heterocycles. The van der Waals surface area contributed by atoms with Gasteiger partial charge in [0.2, 0.25) is 0 Å². The maximum absolute atomic E-state index is 13.3. The number of hydrazine groups is 1. The lowest BCUT2D eigenvalue weighted by Crippen LogP contribution is -2.30. The molecule has 0 heterocycles. The minimum atomic E-state index is -0.223. The number of halogens is 2. The average Bonchev–Trinajstić information content (AvgIpc) is 3.01. The minimum absolute atomic E-state index is 0.126. The van der Waals surface area contributed by atoms with Crippen LogP contribution >= 0.6 is 15.9 Å². The second-order valence-corrected chi connectivity index (χ2v) is 6.92. The third-order valence-corrected chi connectivity index (χ3v) is 5.58. The fraction of sp³-hybridized carbons (Fsp3) is 0.600. The van der Waals surface area contributed by atoms with E-state index in [0.717, 1.165) is 29.7 Å². The van der Waals surface area contributed by atoms with Crippen LogP contribution < -0.4 is 11.3 Å². The van der Waals surface area contributed by atoms with Gasteiger partial charge in [-0.1, -0.05) is 12.5 Å². The van der Waals surface area contributed by atoms with E-state index in [2.05, 4.69) is 21.4 Å². The molecule has 19 heavy (non-hydrogen) atoms. The summed E-state index contributed by atoms with van der Waals surface area (Å²) in [7, 11) is 0. The van der Waals surface area contributed by atoms with Gasteiger partial charge in [-0.3, -0.25) is 11.3 Å². The van der Waals surface area contributed by atoms with Crippen molar-refractivity contribution in [3.63, 3.8) is 0 Å². The molecule has 2 fully saturated rings. The number of rotatable bonds is 4. The molecule has 4 unspecified atom stereocenters. The summed E-state index contributed by atoms with van der Waals surface area (Å²) in [4.78, 5) is 0. The van der Waals surface area contributed by atoms with E-state index >= 15 is 0 Å². The first-order valence-electron chi connectivity index (χ1n) is 7.08. The lowest BCUT2D eigenvalue weighted by atomic mass is 9.83. The van der Waals surface area contributed by atoms with Crippen molar-refractivity contribution in [1.82, 2.24) is 5.43 Å². The molecule has 2 aliphatic carbocycles. The summed E-state index contributed by atoms with van der Waals surface area (Å²) in [5.41, 5.74) is 3.98. The van der Waals surface area contributed by atoms with Gasteiger partial charge < -0.3 is 0 Å². The van der Waals surface area contributed by atoms with E-state index < -0.39 is 0 Å². The summed E-state index contributed by atoms with van der Waals surface area (Å²) < 4.78 is 13.8. The lowest BCUT2D eigenvalue weighted by Gasteiger charge is -2.26. The predicted octanol–water partition coefficient (Wildman–Crippen LogP) is 3.92. The quantitative estimate of drug-likeness (QED) is 0.650. The molecule has 3 N–H and O–H groups in total. The van der Waals surface area contributed by atoms with E-state index in [0.29, 0.717) is 4.47 Å². The fourth-order valence-electron chi connectivity index (χ4n) is 4.00. The van der Waals surface area contributed by atoms with Gasteiger partial charge in [0.05, 0.1) is 4.47 Å². The van der Waals surface area contributed by atoms with Crippen molar-refractivity contribution >= 4 is 15.9 Å². The molecule has 0 spiro atoms. The Bertz CT molecular complexity index is 465. The van der Waals surface area contributed by atoms with E-state index in [1.807, 2.05) is 12.1 Å². The smallest absolute Gasteiger partial charge is 0.137 e. The van der Waals surface area contributed by atoms with Crippen LogP contribution in [0.3, 0.4) is 0 Å². The van der Waals surface area contributed by atoms with Crippen LogP contribution in [-0.4, -0.2) is 0 Å². The maximum Gasteiger partial charge on any atom is 0.137 e. The highest BCUT2D eigenvalue weighted by molar-refractivity contribution is 9.10. The molecule has 4 atom stereocenters. The van der Waals surface area contributed by atoms with Crippen LogP contribution in [-0.2, 0) is 0 Å². The third kappa shape index (κ3) is 2.71. The second kappa shape index (κ2) is 5.51. The van der Waals surface area contributed by atoms with Crippen molar-refractivity contribution in [1.29, 1.82) is 0 Å². The molecule has 0 radical (unpaired) electrons. The first-order chi connectivity index (χ1) is 9.17. The van der Waals surface area contributed by atoms with Gasteiger partial charge in [0.25, 0.3) is 0 Å². The van der Waals surface area contributed by atoms with Crippen molar-refractivity contribution in [3.8, 4) is 0 Å². The Morgan fingerprint density at radius 2 is 2.21 bits per heavy atom. The molecule has 1 aromatic carbocycles. The Morgan fingerprint density at radius 3 is 2.79 bits per heavy atom. The average molecular weight is 327 g/mol. The summed E-state index contributed by atoms with van der Waals surface area (Å²) >= 11 is 3.25. The van der Waals surface area contributed by atoms with E-state index in [-0.39, 0.29) is 11.9 Å². The van der Waals surface area contributed by atoms with Gasteiger partial charge in [-0.15, -0.1) is 0 Å². The zero-order chi connectivity index (χ0) is 13.4. The van der Waals surface area contributed by atoms with Crippen molar-refractivity contribution in [2.45, 2.75) is 38.1 Å². The maximum atomic E-state index is 13.3. The van der Waals surface area contributed by atoms with Crippen LogP contribution in [0, 0.1) is 23.6 Å². The van der Waals surface area contributed by atoms with Gasteiger partial charge >= 0.3 is 0 Å². The van der Waals surface area contributed by atoms with Gasteiger partial charge in [-0.25, -0.2) is 4.39 Å². The molecule has 0 saturated heterocycles. The van der Waals surface area contributed by atoms with Crippen LogP contribution in [0.5, 0.6) is 0 Å². The molecular weight excluding hydrogens is 307 g/mol. The molecule has 2 bridgehead atoms. The largest absolute Gasteiger partial charge is 0.271 e. The Hall–Kier alpha value is -0.450. The molecule has 0 amide bonds. The fourth-order valence-corrected chi connectivity index (χ4v) is 4.39. The van der Waals surface area contributed by atoms with Crippen molar-refractivity contribution in [3.05, 3.63) is 34.1 Å². The number of benzene rings is 1. The predicted molar refractivity (Wildman–Crippen MR) is 77.7 cm³/mol. The van der Waals surface area contributed by atoms with Crippen LogP contribution in [0.2, 0.25) is 0 Å². The molecule has 0 aliphatic heterocycles. The van der Waals surface area contributed by atoms with Gasteiger partial charge in [0, 0.05) is 6.04 Å². The van der Waals surface area contributed by atoms with Crippen molar-refractivity contribution in [2.75, 3.05) is 0 Å². The van der Waals surface area contributed by atoms with E-state index in [9.17, 15) is 4.39 Å². The number of nitrogens with two attached hydrogens (primary N) is 1. The molecule has 2 nitrogen and oxygen atoms in total. The van der Waals surface area contributed by atoms with Crippen LogP contribution in [0.1, 0.15) is 43.7 Å². The number of fused-ring (bicyclic) bond motifs is 2. The van der Waals surface area contributed by atoms with Crippen LogP contribution in [0.25, 0.3) is 0 Å². The van der Waals surface area contributed by atoms with Crippen LogP contribution in [0.15, 0.2) is 22.7 Å². The Kier molecular flexibility index (Phi) is 3.92. The summed E-state index contributed by atoms with van der Waals surface area (Å²) in [5, 5.41) is 0. The summed E-state index contributed by atoms with van der Waals surface area (Å²) in [5.74, 6) is 8.11. The molecule has 4 heteroatoms. The Morgan fingerprint density at radius 1 is 1.37 bits per heavy atom. The molecule has 1 aromatic rings. The normalized spacial score (nSPS) is 30.8. The highest BCUT2D eigenvalue weighted by Gasteiger charge is 2.40. The first kappa shape index (κ1) is 13.5. The van der Waals surface area contributed by atoms with E-state index in [1.165, 1.54) is 31.7 Å². The van der Waals surface area contributed by atoms with Gasteiger partial charge in [0.15, 0.2) is 0 Å². The van der Waals surface area contributed by atoms with Gasteiger partial charge in [0.1, 0.15) is 5.82 Å². The zero-order valence-corrected chi connectivity index (χ0v) is 12.5. The van der Waals surface area contributed by atoms with E-state index in [4.69, 9.17) is 5.84 Å². The highest BCUT2D eigenvalue weighted by atomic mass is 79.9. The SMILES string of the molecule is NNC(CC1CC2CCC1C2)c1ccc(F)c(Br)c1. The second-order valence-electron chi connectivity index (χ2n) is 6.06. The number of nitrogens with one attached hydrogen (secondary N) is 1. The summed E-state index contributed by atoms with van der Waals surface area (Å²) in [6, 6.07) is 5.30. The van der Waals surface area contributed by atoms with Crippen LogP contribution in [0.4, 0.5) is 4.39 Å².